The molecule has 6 nitrogen and oxygen atoms in total. The van der Waals surface area contributed by atoms with Crippen molar-refractivity contribution in [3.63, 3.8) is 0 Å². The molecule has 0 aliphatic heterocycles. The summed E-state index contributed by atoms with van der Waals surface area (Å²) in [6.07, 6.45) is -0.608. The van der Waals surface area contributed by atoms with Gasteiger partial charge in [0.25, 0.3) is 0 Å². The second kappa shape index (κ2) is 7.14. The summed E-state index contributed by atoms with van der Waals surface area (Å²) >= 11 is 0. The summed E-state index contributed by atoms with van der Waals surface area (Å²) in [5.41, 5.74) is 0. The molecule has 0 bridgehead atoms. The van der Waals surface area contributed by atoms with Gasteiger partial charge >= 0.3 is 12.0 Å². The van der Waals surface area contributed by atoms with Crippen molar-refractivity contribution in [2.75, 3.05) is 19.7 Å². The molecule has 1 unspecified atom stereocenters. The second-order valence-corrected chi connectivity index (χ2v) is 2.72. The molecule has 0 aromatic rings. The van der Waals surface area contributed by atoms with Crippen LogP contribution >= 0.6 is 0 Å². The number of aliphatic hydroxyl groups excluding tert-OH is 1. The highest BCUT2D eigenvalue weighted by molar-refractivity contribution is 5.80. The zero-order valence-electron chi connectivity index (χ0n) is 8.37. The first-order chi connectivity index (χ1) is 6.56. The number of esters is 1. The summed E-state index contributed by atoms with van der Waals surface area (Å²) in [6.45, 7) is 3.50. The molecule has 0 aromatic carbocycles. The van der Waals surface area contributed by atoms with Gasteiger partial charge in [-0.05, 0) is 13.8 Å². The Kier molecular flexibility index (Phi) is 6.47. The minimum absolute atomic E-state index is 0.147. The van der Waals surface area contributed by atoms with Gasteiger partial charge in [0.2, 0.25) is 0 Å². The van der Waals surface area contributed by atoms with Crippen molar-refractivity contribution in [3.05, 3.63) is 0 Å². The Morgan fingerprint density at radius 3 is 2.57 bits per heavy atom. The van der Waals surface area contributed by atoms with E-state index >= 15 is 0 Å². The Morgan fingerprint density at radius 1 is 1.43 bits per heavy atom. The molecule has 82 valence electrons. The van der Waals surface area contributed by atoms with Gasteiger partial charge in [-0.15, -0.1) is 0 Å². The van der Waals surface area contributed by atoms with Crippen LogP contribution in [0.25, 0.3) is 0 Å². The van der Waals surface area contributed by atoms with Gasteiger partial charge in [0.1, 0.15) is 6.54 Å². The summed E-state index contributed by atoms with van der Waals surface area (Å²) in [5.74, 6) is -0.486. The van der Waals surface area contributed by atoms with Crippen molar-refractivity contribution in [3.8, 4) is 0 Å². The normalized spacial score (nSPS) is 11.6. The highest BCUT2D eigenvalue weighted by Crippen LogP contribution is 1.77. The molecule has 0 fully saturated rings. The topological polar surface area (TPSA) is 87.7 Å². The van der Waals surface area contributed by atoms with Gasteiger partial charge < -0.3 is 20.5 Å². The minimum Gasteiger partial charge on any atom is -0.465 e. The van der Waals surface area contributed by atoms with Crippen LogP contribution in [0, 0.1) is 0 Å². The summed E-state index contributed by atoms with van der Waals surface area (Å²) in [4.78, 5) is 21.7. The first-order valence-corrected chi connectivity index (χ1v) is 4.41. The molecule has 0 saturated carbocycles. The zero-order chi connectivity index (χ0) is 11.0. The Labute approximate surface area is 82.6 Å². The van der Waals surface area contributed by atoms with Crippen LogP contribution < -0.4 is 10.6 Å². The molecule has 0 aliphatic carbocycles. The molecular formula is C8H16N2O4. The lowest BCUT2D eigenvalue weighted by molar-refractivity contribution is -0.141. The lowest BCUT2D eigenvalue weighted by Gasteiger charge is -2.08. The number of rotatable bonds is 5. The Morgan fingerprint density at radius 2 is 2.07 bits per heavy atom. The predicted molar refractivity (Wildman–Crippen MR) is 49.7 cm³/mol. The molecule has 3 N–H and O–H groups in total. The molecule has 0 spiro atoms. The number of hydrogen-bond donors (Lipinski definition) is 3. The number of carbonyl (C=O) groups is 2. The monoisotopic (exact) mass is 204 g/mol. The summed E-state index contributed by atoms with van der Waals surface area (Å²) in [6, 6.07) is -0.501. The Balaban J connectivity index is 3.48. The molecular weight excluding hydrogens is 188 g/mol. The average molecular weight is 204 g/mol. The first kappa shape index (κ1) is 12.7. The Hall–Kier alpha value is -1.30. The van der Waals surface area contributed by atoms with E-state index in [1.165, 1.54) is 0 Å². The smallest absolute Gasteiger partial charge is 0.325 e. The van der Waals surface area contributed by atoms with E-state index in [-0.39, 0.29) is 19.7 Å². The standard InChI is InChI=1S/C8H16N2O4/c1-3-14-7(12)5-10-8(13)9-4-6(2)11/h6,11H,3-5H2,1-2H3,(H2,9,10,13). The van der Waals surface area contributed by atoms with E-state index in [0.717, 1.165) is 0 Å². The van der Waals surface area contributed by atoms with Gasteiger partial charge in [0, 0.05) is 6.54 Å². The molecule has 6 heteroatoms. The molecule has 0 radical (unpaired) electrons. The number of ether oxygens (including phenoxy) is 1. The molecule has 0 aromatic heterocycles. The third kappa shape index (κ3) is 7.35. The van der Waals surface area contributed by atoms with Crippen LogP contribution in [-0.4, -0.2) is 42.9 Å². The third-order valence-electron chi connectivity index (χ3n) is 1.26. The van der Waals surface area contributed by atoms with Gasteiger partial charge in [-0.1, -0.05) is 0 Å². The Bertz CT molecular complexity index is 194. The molecule has 0 aliphatic rings. The van der Waals surface area contributed by atoms with Crippen molar-refractivity contribution in [2.24, 2.45) is 0 Å². The van der Waals surface area contributed by atoms with Gasteiger partial charge in [-0.25, -0.2) is 4.79 Å². The fourth-order valence-corrected chi connectivity index (χ4v) is 0.667. The van der Waals surface area contributed by atoms with E-state index < -0.39 is 18.1 Å². The fraction of sp³-hybridized carbons (Fsp3) is 0.750. The van der Waals surface area contributed by atoms with Crippen LogP contribution in [0.2, 0.25) is 0 Å². The second-order valence-electron chi connectivity index (χ2n) is 2.72. The number of carbonyl (C=O) groups excluding carboxylic acids is 2. The predicted octanol–water partition coefficient (Wildman–Crippen LogP) is -0.770. The van der Waals surface area contributed by atoms with Gasteiger partial charge in [-0.3, -0.25) is 4.79 Å². The molecule has 2 amide bonds. The highest BCUT2D eigenvalue weighted by Gasteiger charge is 2.05. The van der Waals surface area contributed by atoms with Crippen LogP contribution in [-0.2, 0) is 9.53 Å². The maximum absolute atomic E-state index is 10.9. The zero-order valence-corrected chi connectivity index (χ0v) is 8.37. The van der Waals surface area contributed by atoms with E-state index in [1.54, 1.807) is 13.8 Å². The van der Waals surface area contributed by atoms with Crippen LogP contribution in [0.1, 0.15) is 13.8 Å². The quantitative estimate of drug-likeness (QED) is 0.513. The molecule has 0 rings (SSSR count). The minimum atomic E-state index is -0.608. The van der Waals surface area contributed by atoms with Crippen LogP contribution in [0.15, 0.2) is 0 Å². The average Bonchev–Trinajstić information content (AvgIpc) is 2.12. The number of hydrogen-bond acceptors (Lipinski definition) is 4. The third-order valence-corrected chi connectivity index (χ3v) is 1.26. The largest absolute Gasteiger partial charge is 0.465 e. The van der Waals surface area contributed by atoms with E-state index in [1.807, 2.05) is 0 Å². The summed E-state index contributed by atoms with van der Waals surface area (Å²) in [5, 5.41) is 13.5. The van der Waals surface area contributed by atoms with Crippen molar-refractivity contribution in [1.82, 2.24) is 10.6 Å². The van der Waals surface area contributed by atoms with Gasteiger partial charge in [0.15, 0.2) is 0 Å². The number of aliphatic hydroxyl groups is 1. The van der Waals surface area contributed by atoms with Crippen LogP contribution in [0.3, 0.4) is 0 Å². The number of amides is 2. The molecule has 1 atom stereocenters. The van der Waals surface area contributed by atoms with Crippen LogP contribution in [0.5, 0.6) is 0 Å². The van der Waals surface area contributed by atoms with Crippen molar-refractivity contribution in [1.29, 1.82) is 0 Å². The maximum Gasteiger partial charge on any atom is 0.325 e. The number of nitrogens with one attached hydrogen (secondary N) is 2. The SMILES string of the molecule is CCOC(=O)CNC(=O)NCC(C)O. The fourth-order valence-electron chi connectivity index (χ4n) is 0.667. The van der Waals surface area contributed by atoms with Gasteiger partial charge in [-0.2, -0.15) is 0 Å². The van der Waals surface area contributed by atoms with Crippen molar-refractivity contribution < 1.29 is 19.4 Å². The first-order valence-electron chi connectivity index (χ1n) is 4.41. The van der Waals surface area contributed by atoms with Crippen LogP contribution in [0.4, 0.5) is 4.79 Å². The molecule has 0 heterocycles. The van der Waals surface area contributed by atoms with E-state index in [0.29, 0.717) is 0 Å². The van der Waals surface area contributed by atoms with E-state index in [4.69, 9.17) is 5.11 Å². The number of urea groups is 1. The highest BCUT2D eigenvalue weighted by atomic mass is 16.5. The van der Waals surface area contributed by atoms with Gasteiger partial charge in [0.05, 0.1) is 12.7 Å². The maximum atomic E-state index is 10.9. The van der Waals surface area contributed by atoms with E-state index in [9.17, 15) is 9.59 Å². The van der Waals surface area contributed by atoms with Crippen molar-refractivity contribution in [2.45, 2.75) is 20.0 Å². The summed E-state index contributed by atoms with van der Waals surface area (Å²) in [7, 11) is 0. The summed E-state index contributed by atoms with van der Waals surface area (Å²) < 4.78 is 4.59. The lowest BCUT2D eigenvalue weighted by atomic mass is 10.4. The molecule has 14 heavy (non-hydrogen) atoms. The van der Waals surface area contributed by atoms with Crippen molar-refractivity contribution >= 4 is 12.0 Å². The van der Waals surface area contributed by atoms with E-state index in [2.05, 4.69) is 15.4 Å². The molecule has 0 saturated heterocycles. The lowest BCUT2D eigenvalue weighted by Crippen LogP contribution is -2.41.